The second-order valence-electron chi connectivity index (χ2n) is 14.1. The molecule has 0 aliphatic rings. The van der Waals surface area contributed by atoms with Crippen molar-refractivity contribution >= 4 is 70.8 Å². The maximum Gasteiger partial charge on any atom is 0.187 e. The van der Waals surface area contributed by atoms with E-state index < -0.39 is 0 Å². The van der Waals surface area contributed by atoms with Gasteiger partial charge in [-0.15, -0.1) is 0 Å². The van der Waals surface area contributed by atoms with Crippen molar-refractivity contribution in [3.05, 3.63) is 193 Å². The number of fused-ring (bicyclic) bond motifs is 7. The Morgan fingerprint density at radius 2 is 1.07 bits per heavy atom. The number of hydrogen-bond donors (Lipinski definition) is 0. The zero-order valence-electron chi connectivity index (χ0n) is 29.6. The van der Waals surface area contributed by atoms with E-state index in [1.165, 1.54) is 38.1 Å². The molecule has 55 heavy (non-hydrogen) atoms. The number of aromatic nitrogens is 3. The van der Waals surface area contributed by atoms with Crippen molar-refractivity contribution in [2.24, 2.45) is 0 Å². The highest BCUT2D eigenvalue weighted by Crippen LogP contribution is 2.42. The van der Waals surface area contributed by atoms with E-state index in [-0.39, 0.29) is 0 Å². The molecule has 0 unspecified atom stereocenters. The summed E-state index contributed by atoms with van der Waals surface area (Å²) in [6, 6.07) is 64.1. The molecule has 0 fully saturated rings. The molecule has 0 saturated heterocycles. The number of benzene rings is 9. The number of rotatable bonds is 4. The Labute approximate surface area is 317 Å². The van der Waals surface area contributed by atoms with Gasteiger partial charge in [0.15, 0.2) is 11.5 Å². The second-order valence-corrected chi connectivity index (χ2v) is 14.1. The molecule has 0 aliphatic carbocycles. The standard InChI is InChI=1S/C51H30N4/c1-52-42-24-22-33-18-20-38(27-41(33)28-42)39-23-25-45-46(30-39)53-50(40-21-19-32-10-5-6-13-35(32)26-40)51(54-45)55-47-17-9-16-43(34-11-3-2-4-12-34)49(47)44-29-36-14-7-8-15-37(36)31-48(44)55/h2-31H. The van der Waals surface area contributed by atoms with Gasteiger partial charge in [-0.3, -0.25) is 4.57 Å². The van der Waals surface area contributed by atoms with Crippen molar-refractivity contribution < 1.29 is 0 Å². The molecule has 4 nitrogen and oxygen atoms in total. The molecule has 0 N–H and O–H groups in total. The molecule has 9 aromatic carbocycles. The van der Waals surface area contributed by atoms with Gasteiger partial charge in [0.1, 0.15) is 5.69 Å². The monoisotopic (exact) mass is 698 g/mol. The topological polar surface area (TPSA) is 35.1 Å². The van der Waals surface area contributed by atoms with Crippen LogP contribution in [0.2, 0.25) is 0 Å². The van der Waals surface area contributed by atoms with Crippen molar-refractivity contribution in [2.45, 2.75) is 0 Å². The predicted octanol–water partition coefficient (Wildman–Crippen LogP) is 13.7. The summed E-state index contributed by atoms with van der Waals surface area (Å²) in [5, 5.41) is 9.20. The van der Waals surface area contributed by atoms with Gasteiger partial charge in [0, 0.05) is 16.3 Å². The van der Waals surface area contributed by atoms with Crippen molar-refractivity contribution in [2.75, 3.05) is 0 Å². The minimum Gasteiger partial charge on any atom is -0.292 e. The highest BCUT2D eigenvalue weighted by molar-refractivity contribution is 6.19. The fourth-order valence-corrected chi connectivity index (χ4v) is 8.23. The molecular weight excluding hydrogens is 669 g/mol. The predicted molar refractivity (Wildman–Crippen MR) is 229 cm³/mol. The Kier molecular flexibility index (Phi) is 6.89. The van der Waals surface area contributed by atoms with Crippen LogP contribution >= 0.6 is 0 Å². The van der Waals surface area contributed by atoms with Gasteiger partial charge >= 0.3 is 0 Å². The molecule has 0 saturated carbocycles. The van der Waals surface area contributed by atoms with Crippen LogP contribution in [-0.2, 0) is 0 Å². The van der Waals surface area contributed by atoms with Crippen molar-refractivity contribution in [3.63, 3.8) is 0 Å². The van der Waals surface area contributed by atoms with Crippen molar-refractivity contribution in [1.82, 2.24) is 14.5 Å². The molecule has 0 amide bonds. The molecular formula is C51H30N4. The van der Waals surface area contributed by atoms with Crippen LogP contribution in [0.5, 0.6) is 0 Å². The lowest BCUT2D eigenvalue weighted by atomic mass is 9.98. The summed E-state index contributed by atoms with van der Waals surface area (Å²) in [6.45, 7) is 7.51. The Balaban J connectivity index is 1.21. The second kappa shape index (κ2) is 12.2. The zero-order valence-corrected chi connectivity index (χ0v) is 29.6. The molecule has 254 valence electrons. The van der Waals surface area contributed by atoms with Gasteiger partial charge in [0.25, 0.3) is 0 Å². The first-order chi connectivity index (χ1) is 27.2. The van der Waals surface area contributed by atoms with Crippen LogP contribution in [0.1, 0.15) is 0 Å². The largest absolute Gasteiger partial charge is 0.292 e. The highest BCUT2D eigenvalue weighted by Gasteiger charge is 2.22. The lowest BCUT2D eigenvalue weighted by Crippen LogP contribution is -2.04. The Bertz CT molecular complexity index is 3390. The van der Waals surface area contributed by atoms with E-state index in [1.807, 2.05) is 18.2 Å². The minimum absolute atomic E-state index is 0.635. The molecule has 0 spiro atoms. The smallest absolute Gasteiger partial charge is 0.187 e. The maximum atomic E-state index is 7.51. The first-order valence-corrected chi connectivity index (χ1v) is 18.4. The summed E-state index contributed by atoms with van der Waals surface area (Å²) >= 11 is 0. The molecule has 2 aromatic heterocycles. The summed E-state index contributed by atoms with van der Waals surface area (Å²) in [6.07, 6.45) is 0. The Morgan fingerprint density at radius 1 is 0.418 bits per heavy atom. The first-order valence-electron chi connectivity index (χ1n) is 18.4. The minimum atomic E-state index is 0.635. The van der Waals surface area contributed by atoms with Crippen LogP contribution < -0.4 is 0 Å². The van der Waals surface area contributed by atoms with E-state index in [1.54, 1.807) is 0 Å². The van der Waals surface area contributed by atoms with E-state index >= 15 is 0 Å². The Hall–Kier alpha value is -7.61. The summed E-state index contributed by atoms with van der Waals surface area (Å²) in [5.74, 6) is 0.786. The first kappa shape index (κ1) is 31.0. The average Bonchev–Trinajstić information content (AvgIpc) is 3.57. The average molecular weight is 699 g/mol. The molecule has 0 atom stereocenters. The lowest BCUT2D eigenvalue weighted by Gasteiger charge is -2.15. The van der Waals surface area contributed by atoms with Gasteiger partial charge < -0.3 is 0 Å². The molecule has 0 bridgehead atoms. The quantitative estimate of drug-likeness (QED) is 0.172. The van der Waals surface area contributed by atoms with Crippen molar-refractivity contribution in [1.29, 1.82) is 0 Å². The SMILES string of the molecule is [C-]#[N+]c1ccc2ccc(-c3ccc4nc(-n5c6cc7ccccc7cc6c6c(-c7ccccc7)cccc65)c(-c5ccc6ccccc6c5)nc4c3)cc2c1. The normalized spacial score (nSPS) is 11.6. The van der Waals surface area contributed by atoms with E-state index in [2.05, 4.69) is 173 Å². The maximum absolute atomic E-state index is 7.51. The number of hydrogen-bond acceptors (Lipinski definition) is 2. The number of nitrogens with zero attached hydrogens (tertiary/aromatic N) is 4. The highest BCUT2D eigenvalue weighted by atomic mass is 15.1. The van der Waals surface area contributed by atoms with Crippen molar-refractivity contribution in [3.8, 4) is 39.3 Å². The van der Waals surface area contributed by atoms with Crippen LogP contribution in [0.25, 0.3) is 109 Å². The van der Waals surface area contributed by atoms with E-state index in [4.69, 9.17) is 16.5 Å². The molecule has 0 radical (unpaired) electrons. The van der Waals surface area contributed by atoms with Crippen LogP contribution in [0.15, 0.2) is 182 Å². The summed E-state index contributed by atoms with van der Waals surface area (Å²) < 4.78 is 2.33. The van der Waals surface area contributed by atoms with E-state index in [0.717, 1.165) is 66.4 Å². The molecule has 4 heteroatoms. The van der Waals surface area contributed by atoms with E-state index in [9.17, 15) is 0 Å². The van der Waals surface area contributed by atoms with Crippen LogP contribution in [-0.4, -0.2) is 14.5 Å². The fraction of sp³-hybridized carbons (Fsp3) is 0. The van der Waals surface area contributed by atoms with Crippen LogP contribution in [0.4, 0.5) is 5.69 Å². The molecule has 2 heterocycles. The third-order valence-corrected chi connectivity index (χ3v) is 10.9. The van der Waals surface area contributed by atoms with Gasteiger partial charge in [0.05, 0.1) is 28.6 Å². The molecule has 11 rings (SSSR count). The van der Waals surface area contributed by atoms with Gasteiger partial charge in [-0.2, -0.15) is 0 Å². The van der Waals surface area contributed by atoms with Gasteiger partial charge in [-0.05, 0) is 103 Å². The van der Waals surface area contributed by atoms with Gasteiger partial charge in [-0.1, -0.05) is 133 Å². The summed E-state index contributed by atoms with van der Waals surface area (Å²) in [7, 11) is 0. The van der Waals surface area contributed by atoms with Gasteiger partial charge in [0.2, 0.25) is 0 Å². The molecule has 11 aromatic rings. The third kappa shape index (κ3) is 5.06. The zero-order chi connectivity index (χ0) is 36.5. The Morgan fingerprint density at radius 3 is 1.89 bits per heavy atom. The fourth-order valence-electron chi connectivity index (χ4n) is 8.23. The van der Waals surface area contributed by atoms with Crippen LogP contribution in [0, 0.1) is 6.57 Å². The van der Waals surface area contributed by atoms with Gasteiger partial charge in [-0.25, -0.2) is 14.8 Å². The third-order valence-electron chi connectivity index (χ3n) is 10.9. The molecule has 0 aliphatic heterocycles. The summed E-state index contributed by atoms with van der Waals surface area (Å²) in [5.41, 5.74) is 10.7. The van der Waals surface area contributed by atoms with E-state index in [0.29, 0.717) is 5.69 Å². The summed E-state index contributed by atoms with van der Waals surface area (Å²) in [4.78, 5) is 14.7. The van der Waals surface area contributed by atoms with Crippen LogP contribution in [0.3, 0.4) is 0 Å². The lowest BCUT2D eigenvalue weighted by molar-refractivity contribution is 1.08.